The molecule has 1 unspecified atom stereocenters. The SMILES string of the molecule is Cc1noc(C)c1-c1nc2c(s1)CCC(C(=O)NCCc1ccnn1C)C2. The van der Waals surface area contributed by atoms with Crippen molar-refractivity contribution >= 4 is 17.2 Å². The molecule has 0 aliphatic heterocycles. The maximum absolute atomic E-state index is 12.6. The summed E-state index contributed by atoms with van der Waals surface area (Å²) >= 11 is 1.70. The molecule has 1 aliphatic carbocycles. The van der Waals surface area contributed by atoms with Gasteiger partial charge in [0.1, 0.15) is 10.8 Å². The van der Waals surface area contributed by atoms with Gasteiger partial charge in [-0.15, -0.1) is 11.3 Å². The number of thiazole rings is 1. The number of nitrogens with one attached hydrogen (secondary N) is 1. The Labute approximate surface area is 161 Å². The zero-order chi connectivity index (χ0) is 19.0. The molecule has 3 heterocycles. The van der Waals surface area contributed by atoms with Crippen LogP contribution in [-0.4, -0.2) is 32.4 Å². The van der Waals surface area contributed by atoms with Crippen molar-refractivity contribution in [1.29, 1.82) is 0 Å². The molecule has 7 nitrogen and oxygen atoms in total. The number of hydrogen-bond acceptors (Lipinski definition) is 6. The summed E-state index contributed by atoms with van der Waals surface area (Å²) in [5, 5.41) is 12.2. The zero-order valence-electron chi connectivity index (χ0n) is 15.8. The lowest BCUT2D eigenvalue weighted by atomic mass is 9.90. The molecule has 0 radical (unpaired) electrons. The average molecular weight is 385 g/mol. The van der Waals surface area contributed by atoms with Gasteiger partial charge in [-0.25, -0.2) is 4.98 Å². The molecule has 0 aromatic carbocycles. The van der Waals surface area contributed by atoms with E-state index in [-0.39, 0.29) is 11.8 Å². The standard InChI is InChI=1S/C19H23N5O2S/c1-11-17(12(2)26-23-11)19-22-15-10-13(4-5-16(15)27-19)18(25)20-8-6-14-7-9-21-24(14)3/h7,9,13H,4-6,8,10H2,1-3H3,(H,20,25). The minimum absolute atomic E-state index is 0.0105. The van der Waals surface area contributed by atoms with E-state index >= 15 is 0 Å². The normalized spacial score (nSPS) is 16.3. The van der Waals surface area contributed by atoms with Gasteiger partial charge in [-0.1, -0.05) is 5.16 Å². The highest BCUT2D eigenvalue weighted by molar-refractivity contribution is 7.15. The zero-order valence-corrected chi connectivity index (χ0v) is 16.6. The third-order valence-electron chi connectivity index (χ3n) is 5.16. The Kier molecular flexibility index (Phi) is 4.82. The van der Waals surface area contributed by atoms with Crippen molar-refractivity contribution in [1.82, 2.24) is 25.2 Å². The number of carbonyl (C=O) groups is 1. The van der Waals surface area contributed by atoms with Crippen LogP contribution in [0.15, 0.2) is 16.8 Å². The van der Waals surface area contributed by atoms with Gasteiger partial charge in [-0.05, 0) is 32.8 Å². The molecule has 27 heavy (non-hydrogen) atoms. The number of fused-ring (bicyclic) bond motifs is 1. The van der Waals surface area contributed by atoms with Gasteiger partial charge in [0.25, 0.3) is 0 Å². The van der Waals surface area contributed by atoms with Gasteiger partial charge >= 0.3 is 0 Å². The molecule has 0 fully saturated rings. The van der Waals surface area contributed by atoms with Crippen LogP contribution in [0.4, 0.5) is 0 Å². The second kappa shape index (κ2) is 7.26. The summed E-state index contributed by atoms with van der Waals surface area (Å²) in [6, 6.07) is 1.98. The second-order valence-corrected chi connectivity index (χ2v) is 8.10. The van der Waals surface area contributed by atoms with Gasteiger partial charge in [-0.3, -0.25) is 9.48 Å². The molecule has 142 valence electrons. The van der Waals surface area contributed by atoms with Crippen LogP contribution in [0, 0.1) is 19.8 Å². The number of aryl methyl sites for hydroxylation is 4. The van der Waals surface area contributed by atoms with Crippen LogP contribution in [0.25, 0.3) is 10.6 Å². The van der Waals surface area contributed by atoms with Gasteiger partial charge in [0, 0.05) is 49.1 Å². The monoisotopic (exact) mass is 385 g/mol. The van der Waals surface area contributed by atoms with Crippen LogP contribution in [0.3, 0.4) is 0 Å². The number of amides is 1. The minimum Gasteiger partial charge on any atom is -0.361 e. The average Bonchev–Trinajstić information content (AvgIpc) is 3.33. The molecule has 8 heteroatoms. The fraction of sp³-hybridized carbons (Fsp3) is 0.474. The van der Waals surface area contributed by atoms with Gasteiger partial charge in [0.05, 0.1) is 17.0 Å². The predicted molar refractivity (Wildman–Crippen MR) is 103 cm³/mol. The summed E-state index contributed by atoms with van der Waals surface area (Å²) < 4.78 is 7.11. The first-order chi connectivity index (χ1) is 13.0. The van der Waals surface area contributed by atoms with Crippen LogP contribution in [-0.2, 0) is 31.1 Å². The second-order valence-electron chi connectivity index (χ2n) is 7.01. The largest absolute Gasteiger partial charge is 0.361 e. The Morgan fingerprint density at radius 2 is 2.30 bits per heavy atom. The highest BCUT2D eigenvalue weighted by Crippen LogP contribution is 2.36. The highest BCUT2D eigenvalue weighted by Gasteiger charge is 2.28. The first kappa shape index (κ1) is 17.9. The van der Waals surface area contributed by atoms with Crippen LogP contribution < -0.4 is 5.32 Å². The molecule has 1 N–H and O–H groups in total. The van der Waals surface area contributed by atoms with Gasteiger partial charge in [-0.2, -0.15) is 5.10 Å². The van der Waals surface area contributed by atoms with E-state index in [1.165, 1.54) is 4.88 Å². The lowest BCUT2D eigenvalue weighted by Gasteiger charge is -2.20. The van der Waals surface area contributed by atoms with Gasteiger partial charge in [0.15, 0.2) is 0 Å². The molecule has 0 saturated carbocycles. The predicted octanol–water partition coefficient (Wildman–Crippen LogP) is 2.61. The van der Waals surface area contributed by atoms with Crippen molar-refractivity contribution in [3.8, 4) is 10.6 Å². The van der Waals surface area contributed by atoms with Crippen LogP contribution in [0.1, 0.15) is 34.1 Å². The fourth-order valence-corrected chi connectivity index (χ4v) is 4.85. The molecule has 3 aromatic heterocycles. The summed E-state index contributed by atoms with van der Waals surface area (Å²) in [7, 11) is 1.92. The topological polar surface area (TPSA) is 85.8 Å². The van der Waals surface area contributed by atoms with E-state index in [1.807, 2.05) is 31.6 Å². The third kappa shape index (κ3) is 3.53. The first-order valence-electron chi connectivity index (χ1n) is 9.19. The smallest absolute Gasteiger partial charge is 0.223 e. The molecular formula is C19H23N5O2S. The van der Waals surface area contributed by atoms with E-state index in [0.717, 1.165) is 52.7 Å². The van der Waals surface area contributed by atoms with E-state index in [0.29, 0.717) is 13.0 Å². The van der Waals surface area contributed by atoms with Crippen molar-refractivity contribution in [3.63, 3.8) is 0 Å². The van der Waals surface area contributed by atoms with E-state index in [4.69, 9.17) is 9.51 Å². The van der Waals surface area contributed by atoms with Crippen molar-refractivity contribution in [3.05, 3.63) is 40.0 Å². The Morgan fingerprint density at radius 1 is 1.44 bits per heavy atom. The van der Waals surface area contributed by atoms with Crippen LogP contribution >= 0.6 is 11.3 Å². The van der Waals surface area contributed by atoms with Crippen LogP contribution in [0.2, 0.25) is 0 Å². The molecule has 0 saturated heterocycles. The quantitative estimate of drug-likeness (QED) is 0.730. The fourth-order valence-electron chi connectivity index (χ4n) is 3.60. The Hall–Kier alpha value is -2.48. The summed E-state index contributed by atoms with van der Waals surface area (Å²) in [5.41, 5.74) is 4.02. The molecular weight excluding hydrogens is 362 g/mol. The molecule has 1 atom stereocenters. The molecule has 0 bridgehead atoms. The third-order valence-corrected chi connectivity index (χ3v) is 6.33. The van der Waals surface area contributed by atoms with Crippen molar-refractivity contribution < 1.29 is 9.32 Å². The summed E-state index contributed by atoms with van der Waals surface area (Å²) in [6.07, 6.45) is 5.03. The number of carbonyl (C=O) groups excluding carboxylic acids is 1. The van der Waals surface area contributed by atoms with Crippen molar-refractivity contribution in [2.75, 3.05) is 6.54 Å². The van der Waals surface area contributed by atoms with Crippen LogP contribution in [0.5, 0.6) is 0 Å². The number of rotatable bonds is 5. The Balaban J connectivity index is 1.39. The molecule has 0 spiro atoms. The lowest BCUT2D eigenvalue weighted by molar-refractivity contribution is -0.125. The maximum Gasteiger partial charge on any atom is 0.223 e. The van der Waals surface area contributed by atoms with Crippen molar-refractivity contribution in [2.24, 2.45) is 13.0 Å². The minimum atomic E-state index is -0.0105. The van der Waals surface area contributed by atoms with E-state index in [1.54, 1.807) is 17.5 Å². The molecule has 3 aromatic rings. The molecule has 1 aliphatic rings. The summed E-state index contributed by atoms with van der Waals surface area (Å²) in [5.74, 6) is 0.904. The Morgan fingerprint density at radius 3 is 3.00 bits per heavy atom. The van der Waals surface area contributed by atoms with E-state index in [9.17, 15) is 4.79 Å². The number of hydrogen-bond donors (Lipinski definition) is 1. The van der Waals surface area contributed by atoms with Crippen molar-refractivity contribution in [2.45, 2.75) is 39.5 Å². The number of nitrogens with zero attached hydrogens (tertiary/aromatic N) is 4. The van der Waals surface area contributed by atoms with E-state index in [2.05, 4.69) is 15.6 Å². The first-order valence-corrected chi connectivity index (χ1v) is 10.0. The van der Waals surface area contributed by atoms with E-state index < -0.39 is 0 Å². The molecule has 1 amide bonds. The lowest BCUT2D eigenvalue weighted by Crippen LogP contribution is -2.35. The summed E-state index contributed by atoms with van der Waals surface area (Å²) in [6.45, 7) is 4.47. The highest BCUT2D eigenvalue weighted by atomic mass is 32.1. The Bertz CT molecular complexity index is 951. The summed E-state index contributed by atoms with van der Waals surface area (Å²) in [4.78, 5) is 18.7. The number of aromatic nitrogens is 4. The maximum atomic E-state index is 12.6. The molecule has 4 rings (SSSR count). The van der Waals surface area contributed by atoms with Gasteiger partial charge < -0.3 is 9.84 Å². The van der Waals surface area contributed by atoms with Gasteiger partial charge in [0.2, 0.25) is 5.91 Å².